The summed E-state index contributed by atoms with van der Waals surface area (Å²) < 4.78 is 27.4. The third-order valence-electron chi connectivity index (χ3n) is 2.92. The fourth-order valence-corrected chi connectivity index (χ4v) is 4.18. The Labute approximate surface area is 115 Å². The molecule has 2 N–H and O–H groups in total. The van der Waals surface area contributed by atoms with Crippen LogP contribution in [0.25, 0.3) is 0 Å². The first-order valence-corrected chi connectivity index (χ1v) is 7.90. The molecule has 0 amide bonds. The predicted molar refractivity (Wildman–Crippen MR) is 76.7 cm³/mol. The predicted octanol–water partition coefficient (Wildman–Crippen LogP) is 2.05. The van der Waals surface area contributed by atoms with E-state index in [0.717, 1.165) is 16.7 Å². The molecular weight excluding hydrogens is 262 g/mol. The number of hydrogen-bond acceptors (Lipinski definition) is 3. The number of aliphatic hydroxyl groups excluding tert-OH is 1. The maximum Gasteiger partial charge on any atom is 0.241 e. The van der Waals surface area contributed by atoms with Gasteiger partial charge in [0.15, 0.2) is 0 Å². The third kappa shape index (κ3) is 4.30. The van der Waals surface area contributed by atoms with Crippen LogP contribution in [0.4, 0.5) is 0 Å². The van der Waals surface area contributed by atoms with Crippen LogP contribution >= 0.6 is 0 Å². The molecule has 4 nitrogen and oxygen atoms in total. The Hall–Kier alpha value is -0.910. The lowest BCUT2D eigenvalue weighted by molar-refractivity contribution is 0.175. The molecule has 2 atom stereocenters. The van der Waals surface area contributed by atoms with Crippen molar-refractivity contribution in [3.8, 4) is 0 Å². The number of aryl methyl sites for hydroxylation is 3. The second-order valence-electron chi connectivity index (χ2n) is 5.33. The molecule has 19 heavy (non-hydrogen) atoms. The Kier molecular flexibility index (Phi) is 5.12. The molecule has 0 fully saturated rings. The zero-order valence-corrected chi connectivity index (χ0v) is 13.0. The van der Waals surface area contributed by atoms with Gasteiger partial charge in [0.05, 0.1) is 11.0 Å². The van der Waals surface area contributed by atoms with Crippen LogP contribution in [-0.2, 0) is 10.0 Å². The van der Waals surface area contributed by atoms with Crippen LogP contribution < -0.4 is 4.72 Å². The molecule has 0 saturated heterocycles. The molecule has 108 valence electrons. The van der Waals surface area contributed by atoms with Crippen LogP contribution in [-0.4, -0.2) is 25.7 Å². The van der Waals surface area contributed by atoms with Crippen LogP contribution in [0.1, 0.15) is 37.0 Å². The molecule has 0 bridgehead atoms. The minimum absolute atomic E-state index is 0.301. The summed E-state index contributed by atoms with van der Waals surface area (Å²) in [4.78, 5) is 0.343. The van der Waals surface area contributed by atoms with E-state index in [2.05, 4.69) is 4.72 Å². The summed E-state index contributed by atoms with van der Waals surface area (Å²) in [6.07, 6.45) is -0.138. The highest BCUT2D eigenvalue weighted by Gasteiger charge is 2.22. The molecule has 0 heterocycles. The lowest BCUT2D eigenvalue weighted by atomic mass is 10.1. The molecule has 0 aliphatic rings. The highest BCUT2D eigenvalue weighted by atomic mass is 32.2. The molecule has 0 aliphatic carbocycles. The summed E-state index contributed by atoms with van der Waals surface area (Å²) in [7, 11) is -3.54. The van der Waals surface area contributed by atoms with Gasteiger partial charge in [0.2, 0.25) is 10.0 Å². The van der Waals surface area contributed by atoms with Crippen molar-refractivity contribution in [1.29, 1.82) is 0 Å². The smallest absolute Gasteiger partial charge is 0.241 e. The van der Waals surface area contributed by atoms with Gasteiger partial charge in [-0.25, -0.2) is 13.1 Å². The number of hydrogen-bond donors (Lipinski definition) is 2. The summed E-state index contributed by atoms with van der Waals surface area (Å²) in [5, 5.41) is 9.30. The van der Waals surface area contributed by atoms with Crippen LogP contribution in [0, 0.1) is 20.8 Å². The molecule has 5 heteroatoms. The maximum absolute atomic E-state index is 12.4. The van der Waals surface area contributed by atoms with Crippen molar-refractivity contribution in [2.24, 2.45) is 0 Å². The van der Waals surface area contributed by atoms with Crippen molar-refractivity contribution in [3.05, 3.63) is 28.8 Å². The van der Waals surface area contributed by atoms with E-state index in [-0.39, 0.29) is 6.04 Å². The molecule has 1 aromatic rings. The Morgan fingerprint density at radius 2 is 1.63 bits per heavy atom. The number of rotatable bonds is 5. The SMILES string of the molecule is Cc1cc(C)c(S(=O)(=O)NC(C)CC(C)O)c(C)c1. The van der Waals surface area contributed by atoms with E-state index in [0.29, 0.717) is 11.3 Å². The van der Waals surface area contributed by atoms with Gasteiger partial charge in [-0.15, -0.1) is 0 Å². The van der Waals surface area contributed by atoms with E-state index in [9.17, 15) is 13.5 Å². The molecule has 0 aromatic heterocycles. The zero-order chi connectivity index (χ0) is 14.8. The first-order chi connectivity index (χ1) is 8.63. The molecular formula is C14H23NO3S. The van der Waals surface area contributed by atoms with Crippen LogP contribution in [0.5, 0.6) is 0 Å². The normalized spacial score (nSPS) is 15.3. The first kappa shape index (κ1) is 16.1. The highest BCUT2D eigenvalue weighted by molar-refractivity contribution is 7.89. The lowest BCUT2D eigenvalue weighted by Gasteiger charge is -2.18. The summed E-state index contributed by atoms with van der Waals surface area (Å²) in [5.74, 6) is 0. The largest absolute Gasteiger partial charge is 0.393 e. The second-order valence-corrected chi connectivity index (χ2v) is 6.99. The Morgan fingerprint density at radius 1 is 1.16 bits per heavy atom. The topological polar surface area (TPSA) is 66.4 Å². The van der Waals surface area contributed by atoms with Gasteiger partial charge < -0.3 is 5.11 Å². The molecule has 0 saturated carbocycles. The van der Waals surface area contributed by atoms with E-state index in [1.165, 1.54) is 0 Å². The van der Waals surface area contributed by atoms with E-state index in [4.69, 9.17) is 0 Å². The molecule has 1 rings (SSSR count). The van der Waals surface area contributed by atoms with Crippen molar-refractivity contribution in [2.45, 2.75) is 58.1 Å². The van der Waals surface area contributed by atoms with Gasteiger partial charge in [-0.05, 0) is 52.2 Å². The van der Waals surface area contributed by atoms with Crippen molar-refractivity contribution in [1.82, 2.24) is 4.72 Å². The van der Waals surface area contributed by atoms with Crippen LogP contribution in [0.3, 0.4) is 0 Å². The fourth-order valence-electron chi connectivity index (χ4n) is 2.47. The summed E-state index contributed by atoms with van der Waals surface area (Å²) in [6.45, 7) is 8.94. The Bertz CT molecular complexity index is 527. The second kappa shape index (κ2) is 6.03. The summed E-state index contributed by atoms with van der Waals surface area (Å²) in [5.41, 5.74) is 2.54. The molecule has 0 spiro atoms. The summed E-state index contributed by atoms with van der Waals surface area (Å²) >= 11 is 0. The average Bonchev–Trinajstić information content (AvgIpc) is 2.10. The monoisotopic (exact) mass is 285 g/mol. The number of nitrogens with one attached hydrogen (secondary N) is 1. The lowest BCUT2D eigenvalue weighted by Crippen LogP contribution is -2.35. The quantitative estimate of drug-likeness (QED) is 0.870. The Balaban J connectivity index is 3.08. The van der Waals surface area contributed by atoms with E-state index in [1.54, 1.807) is 27.7 Å². The van der Waals surface area contributed by atoms with Crippen molar-refractivity contribution in [2.75, 3.05) is 0 Å². The van der Waals surface area contributed by atoms with Crippen molar-refractivity contribution < 1.29 is 13.5 Å². The fraction of sp³-hybridized carbons (Fsp3) is 0.571. The van der Waals surface area contributed by atoms with Crippen LogP contribution in [0.2, 0.25) is 0 Å². The van der Waals surface area contributed by atoms with Gasteiger partial charge in [-0.3, -0.25) is 0 Å². The van der Waals surface area contributed by atoms with E-state index >= 15 is 0 Å². The highest BCUT2D eigenvalue weighted by Crippen LogP contribution is 2.22. The van der Waals surface area contributed by atoms with E-state index < -0.39 is 16.1 Å². The first-order valence-electron chi connectivity index (χ1n) is 6.41. The number of aliphatic hydroxyl groups is 1. The minimum Gasteiger partial charge on any atom is -0.393 e. The van der Waals surface area contributed by atoms with Gasteiger partial charge in [-0.1, -0.05) is 17.7 Å². The number of benzene rings is 1. The van der Waals surface area contributed by atoms with E-state index in [1.807, 2.05) is 19.1 Å². The van der Waals surface area contributed by atoms with Gasteiger partial charge >= 0.3 is 0 Å². The van der Waals surface area contributed by atoms with Crippen molar-refractivity contribution >= 4 is 10.0 Å². The molecule has 0 radical (unpaired) electrons. The third-order valence-corrected chi connectivity index (χ3v) is 4.82. The van der Waals surface area contributed by atoms with Gasteiger partial charge in [-0.2, -0.15) is 0 Å². The zero-order valence-electron chi connectivity index (χ0n) is 12.2. The number of sulfonamides is 1. The van der Waals surface area contributed by atoms with Crippen LogP contribution in [0.15, 0.2) is 17.0 Å². The van der Waals surface area contributed by atoms with Gasteiger partial charge in [0.25, 0.3) is 0 Å². The molecule has 0 aliphatic heterocycles. The maximum atomic E-state index is 12.4. The molecule has 2 unspecified atom stereocenters. The summed E-state index contributed by atoms with van der Waals surface area (Å²) in [6, 6.07) is 3.42. The Morgan fingerprint density at radius 3 is 2.05 bits per heavy atom. The average molecular weight is 285 g/mol. The van der Waals surface area contributed by atoms with Gasteiger partial charge in [0.1, 0.15) is 0 Å². The molecule has 1 aromatic carbocycles. The van der Waals surface area contributed by atoms with Crippen molar-refractivity contribution in [3.63, 3.8) is 0 Å². The minimum atomic E-state index is -3.54. The van der Waals surface area contributed by atoms with Gasteiger partial charge in [0, 0.05) is 6.04 Å². The standard InChI is InChI=1S/C14H23NO3S/c1-9-6-10(2)14(11(3)7-9)19(17,18)15-12(4)8-13(5)16/h6-7,12-13,15-16H,8H2,1-5H3.